The zero-order valence-corrected chi connectivity index (χ0v) is 11.2. The molecule has 1 aromatic heterocycles. The van der Waals surface area contributed by atoms with Gasteiger partial charge in [0.2, 0.25) is 0 Å². The summed E-state index contributed by atoms with van der Waals surface area (Å²) in [7, 11) is 3.39. The maximum atomic E-state index is 5.08. The summed E-state index contributed by atoms with van der Waals surface area (Å²) in [5.41, 5.74) is 0. The number of nitrogens with zero attached hydrogens (tertiary/aromatic N) is 2. The summed E-state index contributed by atoms with van der Waals surface area (Å²) in [4.78, 5) is 6.55. The Bertz CT molecular complexity index is 302. The first-order chi connectivity index (χ1) is 7.77. The van der Waals surface area contributed by atoms with Crippen LogP contribution in [0, 0.1) is 0 Å². The third kappa shape index (κ3) is 4.47. The number of pyridine rings is 1. The van der Waals surface area contributed by atoms with Gasteiger partial charge in [-0.3, -0.25) is 0 Å². The molecule has 0 saturated heterocycles. The first kappa shape index (κ1) is 13.4. The van der Waals surface area contributed by atoms with E-state index in [1.54, 1.807) is 14.2 Å². The van der Waals surface area contributed by atoms with Crippen LogP contribution in [0.15, 0.2) is 22.8 Å². The molecule has 0 N–H and O–H groups in total. The predicted molar refractivity (Wildman–Crippen MR) is 67.9 cm³/mol. The molecule has 0 aromatic carbocycles. The van der Waals surface area contributed by atoms with Crippen molar-refractivity contribution in [2.24, 2.45) is 0 Å². The van der Waals surface area contributed by atoms with Crippen LogP contribution in [0.1, 0.15) is 0 Å². The molecule has 0 radical (unpaired) electrons. The number of anilines is 1. The van der Waals surface area contributed by atoms with Crippen molar-refractivity contribution in [2.45, 2.75) is 0 Å². The Morgan fingerprint density at radius 2 is 1.81 bits per heavy atom. The molecule has 1 aromatic rings. The lowest BCUT2D eigenvalue weighted by Crippen LogP contribution is -2.31. The van der Waals surface area contributed by atoms with Crippen molar-refractivity contribution in [3.63, 3.8) is 0 Å². The highest BCUT2D eigenvalue weighted by molar-refractivity contribution is 9.10. The molecule has 4 nitrogen and oxygen atoms in total. The van der Waals surface area contributed by atoms with Crippen LogP contribution in [0.5, 0.6) is 0 Å². The van der Waals surface area contributed by atoms with Crippen molar-refractivity contribution in [1.82, 2.24) is 4.98 Å². The number of methoxy groups -OCH3 is 2. The van der Waals surface area contributed by atoms with E-state index in [4.69, 9.17) is 9.47 Å². The van der Waals surface area contributed by atoms with Gasteiger partial charge in [-0.25, -0.2) is 4.98 Å². The van der Waals surface area contributed by atoms with E-state index in [9.17, 15) is 0 Å². The summed E-state index contributed by atoms with van der Waals surface area (Å²) in [5.74, 6) is 0.934. The molecule has 0 amide bonds. The zero-order valence-electron chi connectivity index (χ0n) is 9.65. The van der Waals surface area contributed by atoms with Gasteiger partial charge in [-0.15, -0.1) is 0 Å². The number of aromatic nitrogens is 1. The van der Waals surface area contributed by atoms with Gasteiger partial charge in [0.25, 0.3) is 0 Å². The van der Waals surface area contributed by atoms with Crippen molar-refractivity contribution in [2.75, 3.05) is 45.4 Å². The van der Waals surface area contributed by atoms with Gasteiger partial charge < -0.3 is 14.4 Å². The Morgan fingerprint density at radius 1 is 1.19 bits per heavy atom. The van der Waals surface area contributed by atoms with Crippen molar-refractivity contribution in [3.8, 4) is 0 Å². The fourth-order valence-electron chi connectivity index (χ4n) is 1.32. The average molecular weight is 289 g/mol. The Hall–Kier alpha value is -0.650. The highest BCUT2D eigenvalue weighted by Crippen LogP contribution is 2.14. The van der Waals surface area contributed by atoms with Gasteiger partial charge in [-0.1, -0.05) is 6.07 Å². The molecule has 0 aliphatic heterocycles. The lowest BCUT2D eigenvalue weighted by atomic mass is 10.4. The molecule has 16 heavy (non-hydrogen) atoms. The van der Waals surface area contributed by atoms with Crippen molar-refractivity contribution in [1.29, 1.82) is 0 Å². The van der Waals surface area contributed by atoms with Crippen LogP contribution in [0.25, 0.3) is 0 Å². The lowest BCUT2D eigenvalue weighted by molar-refractivity contribution is 0.190. The zero-order chi connectivity index (χ0) is 11.8. The molecule has 0 saturated carbocycles. The Labute approximate surface area is 105 Å². The number of hydrogen-bond donors (Lipinski definition) is 0. The SMILES string of the molecule is COCCN(CCOC)c1cccc(Br)n1. The second-order valence-corrected chi connectivity index (χ2v) is 4.10. The highest BCUT2D eigenvalue weighted by Gasteiger charge is 2.07. The normalized spacial score (nSPS) is 10.4. The van der Waals surface area contributed by atoms with Gasteiger partial charge in [0.1, 0.15) is 10.4 Å². The first-order valence-electron chi connectivity index (χ1n) is 5.13. The van der Waals surface area contributed by atoms with Crippen molar-refractivity contribution >= 4 is 21.7 Å². The monoisotopic (exact) mass is 288 g/mol. The maximum Gasteiger partial charge on any atom is 0.130 e. The fraction of sp³-hybridized carbons (Fsp3) is 0.545. The standard InChI is InChI=1S/C11H17BrN2O2/c1-15-8-6-14(7-9-16-2)11-5-3-4-10(12)13-11/h3-5H,6-9H2,1-2H3. The van der Waals surface area contributed by atoms with Crippen LogP contribution in [-0.4, -0.2) is 45.5 Å². The lowest BCUT2D eigenvalue weighted by Gasteiger charge is -2.23. The second kappa shape index (κ2) is 7.60. The molecule has 1 rings (SSSR count). The average Bonchev–Trinajstić information content (AvgIpc) is 2.29. The molecule has 5 heteroatoms. The van der Waals surface area contributed by atoms with Crippen LogP contribution in [0.3, 0.4) is 0 Å². The van der Waals surface area contributed by atoms with Crippen LogP contribution in [-0.2, 0) is 9.47 Å². The van der Waals surface area contributed by atoms with E-state index in [0.29, 0.717) is 13.2 Å². The third-order valence-electron chi connectivity index (χ3n) is 2.16. The first-order valence-corrected chi connectivity index (χ1v) is 5.92. The van der Waals surface area contributed by atoms with Gasteiger partial charge in [0, 0.05) is 27.3 Å². The molecule has 0 unspecified atom stereocenters. The minimum Gasteiger partial charge on any atom is -0.383 e. The highest BCUT2D eigenvalue weighted by atomic mass is 79.9. The van der Waals surface area contributed by atoms with E-state index in [0.717, 1.165) is 23.5 Å². The molecule has 0 bridgehead atoms. The Kier molecular flexibility index (Phi) is 6.37. The van der Waals surface area contributed by atoms with Gasteiger partial charge in [0.15, 0.2) is 0 Å². The molecule has 90 valence electrons. The summed E-state index contributed by atoms with van der Waals surface area (Å²) in [6.07, 6.45) is 0. The number of ether oxygens (including phenoxy) is 2. The molecular weight excluding hydrogens is 272 g/mol. The van der Waals surface area contributed by atoms with E-state index in [1.165, 1.54) is 0 Å². The van der Waals surface area contributed by atoms with Crippen LogP contribution < -0.4 is 4.90 Å². The molecular formula is C11H17BrN2O2. The van der Waals surface area contributed by atoms with E-state index in [-0.39, 0.29) is 0 Å². The smallest absolute Gasteiger partial charge is 0.130 e. The summed E-state index contributed by atoms with van der Waals surface area (Å²) in [6.45, 7) is 2.97. The molecule has 0 aliphatic rings. The number of hydrogen-bond acceptors (Lipinski definition) is 4. The summed E-state index contributed by atoms with van der Waals surface area (Å²) in [5, 5.41) is 0. The van der Waals surface area contributed by atoms with Gasteiger partial charge in [-0.2, -0.15) is 0 Å². The predicted octanol–water partition coefficient (Wildman–Crippen LogP) is 1.94. The van der Waals surface area contributed by atoms with Crippen LogP contribution in [0.4, 0.5) is 5.82 Å². The van der Waals surface area contributed by atoms with Crippen LogP contribution in [0.2, 0.25) is 0 Å². The van der Waals surface area contributed by atoms with Gasteiger partial charge in [-0.05, 0) is 28.1 Å². The number of rotatable bonds is 7. The van der Waals surface area contributed by atoms with E-state index < -0.39 is 0 Å². The van der Waals surface area contributed by atoms with Crippen molar-refractivity contribution < 1.29 is 9.47 Å². The van der Waals surface area contributed by atoms with Crippen molar-refractivity contribution in [3.05, 3.63) is 22.8 Å². The minimum absolute atomic E-state index is 0.678. The molecule has 0 aliphatic carbocycles. The van der Waals surface area contributed by atoms with E-state index in [2.05, 4.69) is 25.8 Å². The maximum absolute atomic E-state index is 5.08. The third-order valence-corrected chi connectivity index (χ3v) is 2.60. The van der Waals surface area contributed by atoms with Gasteiger partial charge in [0.05, 0.1) is 13.2 Å². The summed E-state index contributed by atoms with van der Waals surface area (Å²) in [6, 6.07) is 5.86. The van der Waals surface area contributed by atoms with E-state index >= 15 is 0 Å². The summed E-state index contributed by atoms with van der Waals surface area (Å²) >= 11 is 3.37. The summed E-state index contributed by atoms with van der Waals surface area (Å²) < 4.78 is 11.0. The van der Waals surface area contributed by atoms with Crippen LogP contribution >= 0.6 is 15.9 Å². The minimum atomic E-state index is 0.678. The quantitative estimate of drug-likeness (QED) is 0.719. The Morgan fingerprint density at radius 3 is 2.31 bits per heavy atom. The molecule has 0 fully saturated rings. The second-order valence-electron chi connectivity index (χ2n) is 3.29. The largest absolute Gasteiger partial charge is 0.383 e. The molecule has 0 atom stereocenters. The topological polar surface area (TPSA) is 34.6 Å². The number of halogens is 1. The van der Waals surface area contributed by atoms with E-state index in [1.807, 2.05) is 18.2 Å². The molecule has 1 heterocycles. The molecule has 0 spiro atoms. The van der Waals surface area contributed by atoms with Gasteiger partial charge >= 0.3 is 0 Å². The Balaban J connectivity index is 2.66. The fourth-order valence-corrected chi connectivity index (χ4v) is 1.65.